The van der Waals surface area contributed by atoms with Gasteiger partial charge in [-0.25, -0.2) is 9.97 Å². The number of nitrogens with zero attached hydrogens (tertiary/aromatic N) is 5. The van der Waals surface area contributed by atoms with Gasteiger partial charge in [0.05, 0.1) is 26.3 Å². The summed E-state index contributed by atoms with van der Waals surface area (Å²) >= 11 is 1.31. The number of morpholine rings is 1. The summed E-state index contributed by atoms with van der Waals surface area (Å²) < 4.78 is 13.7. The molecular formula is C17H21N5O4S. The molecule has 2 fully saturated rings. The lowest BCUT2D eigenvalue weighted by Gasteiger charge is -2.42. The second-order valence-electron chi connectivity index (χ2n) is 6.61. The average molecular weight is 391 g/mol. The van der Waals surface area contributed by atoms with E-state index < -0.39 is 5.79 Å². The number of rotatable bonds is 2. The van der Waals surface area contributed by atoms with Crippen molar-refractivity contribution >= 4 is 23.2 Å². The summed E-state index contributed by atoms with van der Waals surface area (Å²) in [5.41, 5.74) is 0. The molecule has 2 aliphatic rings. The van der Waals surface area contributed by atoms with E-state index >= 15 is 0 Å². The Hall–Kier alpha value is -2.30. The van der Waals surface area contributed by atoms with Crippen molar-refractivity contribution in [2.24, 2.45) is 7.05 Å². The average Bonchev–Trinajstić information content (AvgIpc) is 3.31. The number of aryl methyl sites for hydroxylation is 1. The first kappa shape index (κ1) is 18.1. The van der Waals surface area contributed by atoms with Crippen LogP contribution in [-0.4, -0.2) is 81.3 Å². The van der Waals surface area contributed by atoms with Gasteiger partial charge < -0.3 is 23.8 Å². The van der Waals surface area contributed by atoms with Gasteiger partial charge in [-0.3, -0.25) is 9.59 Å². The molecule has 1 atom stereocenters. The van der Waals surface area contributed by atoms with Crippen LogP contribution in [0.4, 0.5) is 0 Å². The van der Waals surface area contributed by atoms with E-state index in [0.717, 1.165) is 0 Å². The molecule has 4 heterocycles. The maximum absolute atomic E-state index is 12.9. The summed E-state index contributed by atoms with van der Waals surface area (Å²) in [5, 5.41) is 2.22. The number of amides is 2. The van der Waals surface area contributed by atoms with Gasteiger partial charge in [-0.2, -0.15) is 0 Å². The van der Waals surface area contributed by atoms with Gasteiger partial charge in [-0.1, -0.05) is 0 Å². The molecule has 0 aliphatic carbocycles. The number of imidazole rings is 1. The largest absolute Gasteiger partial charge is 0.347 e. The van der Waals surface area contributed by atoms with E-state index in [0.29, 0.717) is 43.6 Å². The lowest BCUT2D eigenvalue weighted by atomic mass is 10.2. The molecule has 0 saturated carbocycles. The number of hydrogen-bond acceptors (Lipinski definition) is 7. The zero-order valence-corrected chi connectivity index (χ0v) is 15.9. The van der Waals surface area contributed by atoms with Gasteiger partial charge in [0.15, 0.2) is 10.8 Å². The van der Waals surface area contributed by atoms with E-state index in [1.165, 1.54) is 11.3 Å². The molecule has 144 valence electrons. The number of carbonyl (C=O) groups is 2. The van der Waals surface area contributed by atoms with E-state index in [2.05, 4.69) is 9.97 Å². The fourth-order valence-electron chi connectivity index (χ4n) is 3.39. The molecule has 10 heteroatoms. The van der Waals surface area contributed by atoms with Crippen LogP contribution in [0.1, 0.15) is 26.8 Å². The molecule has 0 aromatic carbocycles. The summed E-state index contributed by atoms with van der Waals surface area (Å²) in [6.07, 6.45) is 5.65. The van der Waals surface area contributed by atoms with Crippen molar-refractivity contribution in [1.29, 1.82) is 0 Å². The third-order valence-corrected chi connectivity index (χ3v) is 5.49. The third-order valence-electron chi connectivity index (χ3n) is 4.73. The van der Waals surface area contributed by atoms with Gasteiger partial charge in [0.25, 0.3) is 11.8 Å². The van der Waals surface area contributed by atoms with E-state index in [-0.39, 0.29) is 24.9 Å². The molecule has 4 rings (SSSR count). The van der Waals surface area contributed by atoms with E-state index in [9.17, 15) is 9.59 Å². The predicted molar refractivity (Wildman–Crippen MR) is 96.4 cm³/mol. The second kappa shape index (κ2) is 7.37. The highest BCUT2D eigenvalue weighted by atomic mass is 32.1. The number of hydrogen-bond donors (Lipinski definition) is 0. The van der Waals surface area contributed by atoms with Crippen LogP contribution in [-0.2, 0) is 16.5 Å². The standard InChI is InChI=1S/C17H21N5O4S/c1-20-6-3-18-13(20)15(23)21-5-2-8-25-17(11-21)12-22(7-9-26-17)16(24)14-19-4-10-27-14/h3-4,6,10H,2,5,7-9,11-12H2,1H3. The fourth-order valence-corrected chi connectivity index (χ4v) is 4.00. The van der Waals surface area contributed by atoms with Crippen molar-refractivity contribution < 1.29 is 19.1 Å². The molecule has 0 radical (unpaired) electrons. The first-order chi connectivity index (χ1) is 13.1. The number of thiazole rings is 1. The van der Waals surface area contributed by atoms with Crippen molar-refractivity contribution in [1.82, 2.24) is 24.3 Å². The first-order valence-corrected chi connectivity index (χ1v) is 9.69. The van der Waals surface area contributed by atoms with Crippen molar-refractivity contribution in [2.45, 2.75) is 12.2 Å². The van der Waals surface area contributed by atoms with Crippen LogP contribution in [0.3, 0.4) is 0 Å². The Bertz CT molecular complexity index is 823. The SMILES string of the molecule is Cn1ccnc1C(=O)N1CCCOC2(CN(C(=O)c3nccs3)CCO2)C1. The molecular weight excluding hydrogens is 370 g/mol. The highest BCUT2D eigenvalue weighted by Gasteiger charge is 2.44. The normalized spacial score (nSPS) is 23.4. The van der Waals surface area contributed by atoms with Crippen LogP contribution in [0.15, 0.2) is 24.0 Å². The van der Waals surface area contributed by atoms with Crippen LogP contribution in [0.5, 0.6) is 0 Å². The highest BCUT2D eigenvalue weighted by molar-refractivity contribution is 7.11. The van der Waals surface area contributed by atoms with E-state index in [1.54, 1.807) is 45.4 Å². The van der Waals surface area contributed by atoms with Gasteiger partial charge >= 0.3 is 0 Å². The Morgan fingerprint density at radius 1 is 1.07 bits per heavy atom. The Balaban J connectivity index is 1.53. The Morgan fingerprint density at radius 3 is 2.56 bits per heavy atom. The van der Waals surface area contributed by atoms with Crippen LogP contribution >= 0.6 is 11.3 Å². The highest BCUT2D eigenvalue weighted by Crippen LogP contribution is 2.26. The van der Waals surface area contributed by atoms with Crippen molar-refractivity contribution in [3.63, 3.8) is 0 Å². The quantitative estimate of drug-likeness (QED) is 0.745. The lowest BCUT2D eigenvalue weighted by Crippen LogP contribution is -2.59. The third kappa shape index (κ3) is 3.60. The topological polar surface area (TPSA) is 89.8 Å². The smallest absolute Gasteiger partial charge is 0.290 e. The van der Waals surface area contributed by atoms with Gasteiger partial charge in [0, 0.05) is 44.1 Å². The number of ether oxygens (including phenoxy) is 2. The maximum atomic E-state index is 12.9. The number of aromatic nitrogens is 3. The van der Waals surface area contributed by atoms with E-state index in [4.69, 9.17) is 9.47 Å². The molecule has 2 saturated heterocycles. The zero-order chi connectivity index (χ0) is 18.9. The zero-order valence-electron chi connectivity index (χ0n) is 15.0. The second-order valence-corrected chi connectivity index (χ2v) is 7.51. The molecule has 2 amide bonds. The van der Waals surface area contributed by atoms with E-state index in [1.807, 2.05) is 0 Å². The van der Waals surface area contributed by atoms with Gasteiger partial charge in [0.2, 0.25) is 5.79 Å². The maximum Gasteiger partial charge on any atom is 0.290 e. The van der Waals surface area contributed by atoms with Crippen LogP contribution in [0, 0.1) is 0 Å². The Labute approximate surface area is 160 Å². The Morgan fingerprint density at radius 2 is 1.85 bits per heavy atom. The van der Waals surface area contributed by atoms with Gasteiger partial charge in [-0.05, 0) is 6.42 Å². The van der Waals surface area contributed by atoms with Crippen molar-refractivity contribution in [3.05, 3.63) is 34.8 Å². The minimum atomic E-state index is -1.03. The van der Waals surface area contributed by atoms with Crippen LogP contribution in [0.2, 0.25) is 0 Å². The molecule has 2 aliphatic heterocycles. The molecule has 27 heavy (non-hydrogen) atoms. The Kier molecular flexibility index (Phi) is 4.94. The minimum Gasteiger partial charge on any atom is -0.347 e. The molecule has 9 nitrogen and oxygen atoms in total. The summed E-state index contributed by atoms with van der Waals surface area (Å²) in [6.45, 7) is 2.34. The summed E-state index contributed by atoms with van der Waals surface area (Å²) in [5.74, 6) is -0.955. The summed E-state index contributed by atoms with van der Waals surface area (Å²) in [7, 11) is 1.79. The number of carbonyl (C=O) groups excluding carboxylic acids is 2. The molecule has 0 N–H and O–H groups in total. The molecule has 2 aromatic rings. The molecule has 1 unspecified atom stereocenters. The first-order valence-electron chi connectivity index (χ1n) is 8.81. The summed E-state index contributed by atoms with van der Waals surface area (Å²) in [6, 6.07) is 0. The lowest BCUT2D eigenvalue weighted by molar-refractivity contribution is -0.258. The monoisotopic (exact) mass is 391 g/mol. The van der Waals surface area contributed by atoms with Crippen LogP contribution < -0.4 is 0 Å². The van der Waals surface area contributed by atoms with Gasteiger partial charge in [0.1, 0.15) is 0 Å². The minimum absolute atomic E-state index is 0.137. The molecule has 0 bridgehead atoms. The summed E-state index contributed by atoms with van der Waals surface area (Å²) in [4.78, 5) is 37.2. The van der Waals surface area contributed by atoms with Crippen LogP contribution in [0.25, 0.3) is 0 Å². The fraction of sp³-hybridized carbons (Fsp3) is 0.529. The predicted octanol–water partition coefficient (Wildman–Crippen LogP) is 0.608. The van der Waals surface area contributed by atoms with Crippen molar-refractivity contribution in [3.8, 4) is 0 Å². The molecule has 2 aromatic heterocycles. The molecule has 1 spiro atoms. The van der Waals surface area contributed by atoms with Gasteiger partial charge in [-0.15, -0.1) is 11.3 Å². The van der Waals surface area contributed by atoms with Crippen molar-refractivity contribution in [2.75, 3.05) is 39.4 Å².